The van der Waals surface area contributed by atoms with E-state index in [-0.39, 0.29) is 12.4 Å². The number of nitrogens with zero attached hydrogens (tertiary/aromatic N) is 4. The fraction of sp³-hybridized carbons (Fsp3) is 0.500. The van der Waals surface area contributed by atoms with E-state index in [2.05, 4.69) is 26.0 Å². The van der Waals surface area contributed by atoms with Crippen LogP contribution in [0.3, 0.4) is 0 Å². The Kier molecular flexibility index (Phi) is 5.28. The quantitative estimate of drug-likeness (QED) is 0.714. The van der Waals surface area contributed by atoms with E-state index in [1.54, 1.807) is 18.3 Å². The fourth-order valence-corrected chi connectivity index (χ4v) is 4.79. The molecule has 7 heteroatoms. The van der Waals surface area contributed by atoms with E-state index in [1.165, 1.54) is 0 Å². The average molecular weight is 377 g/mol. The molecule has 0 spiro atoms. The Balaban J connectivity index is 0.00000182. The molecular weight excluding hydrogens is 356 g/mol. The van der Waals surface area contributed by atoms with Crippen molar-refractivity contribution in [2.75, 3.05) is 0 Å². The highest BCUT2D eigenvalue weighted by molar-refractivity contribution is 7.18. The van der Waals surface area contributed by atoms with Crippen molar-refractivity contribution in [3.05, 3.63) is 23.5 Å². The van der Waals surface area contributed by atoms with Crippen LogP contribution in [0, 0.1) is 17.2 Å². The molecule has 1 aliphatic rings. The molecule has 1 aliphatic carbocycles. The molecular formula is C18H21ClN4OS. The Bertz CT molecular complexity index is 918. The third-order valence-electron chi connectivity index (χ3n) is 5.09. The molecule has 0 bridgehead atoms. The third-order valence-corrected chi connectivity index (χ3v) is 6.00. The molecule has 3 aromatic rings. The van der Waals surface area contributed by atoms with Gasteiger partial charge >= 0.3 is 0 Å². The zero-order valence-electron chi connectivity index (χ0n) is 14.1. The summed E-state index contributed by atoms with van der Waals surface area (Å²) in [5, 5.41) is 21.2. The van der Waals surface area contributed by atoms with Crippen LogP contribution in [0.1, 0.15) is 57.0 Å². The number of hydrogen-bond acceptors (Lipinski definition) is 5. The molecule has 4 rings (SSSR count). The molecule has 0 aromatic carbocycles. The number of nitriles is 1. The molecule has 0 saturated heterocycles. The molecule has 25 heavy (non-hydrogen) atoms. The van der Waals surface area contributed by atoms with Gasteiger partial charge in [-0.15, -0.1) is 23.7 Å². The summed E-state index contributed by atoms with van der Waals surface area (Å²) in [6, 6.07) is 4.67. The summed E-state index contributed by atoms with van der Waals surface area (Å²) in [6.45, 7) is 1.78. The maximum Gasteiger partial charge on any atom is 0.138 e. The van der Waals surface area contributed by atoms with Gasteiger partial charge in [-0.2, -0.15) is 5.26 Å². The van der Waals surface area contributed by atoms with Gasteiger partial charge in [-0.1, -0.05) is 0 Å². The highest BCUT2D eigenvalue weighted by Crippen LogP contribution is 2.39. The number of pyridine rings is 1. The van der Waals surface area contributed by atoms with Crippen molar-refractivity contribution in [3.63, 3.8) is 0 Å². The van der Waals surface area contributed by atoms with E-state index < -0.39 is 6.10 Å². The summed E-state index contributed by atoms with van der Waals surface area (Å²) in [5.41, 5.74) is 2.96. The van der Waals surface area contributed by atoms with E-state index in [4.69, 9.17) is 5.26 Å². The van der Waals surface area contributed by atoms with Gasteiger partial charge in [-0.3, -0.25) is 4.98 Å². The van der Waals surface area contributed by atoms with Gasteiger partial charge in [-0.05, 0) is 50.0 Å². The van der Waals surface area contributed by atoms with E-state index in [1.807, 2.05) is 12.3 Å². The molecule has 0 unspecified atom stereocenters. The molecule has 5 nitrogen and oxygen atoms in total. The van der Waals surface area contributed by atoms with Crippen molar-refractivity contribution in [1.82, 2.24) is 14.5 Å². The van der Waals surface area contributed by atoms with E-state index in [0.717, 1.165) is 52.8 Å². The maximum absolute atomic E-state index is 10.3. The number of fused-ring (bicyclic) bond motifs is 3. The lowest BCUT2D eigenvalue weighted by Crippen LogP contribution is -2.20. The number of aliphatic hydroxyl groups is 1. The Labute approximate surface area is 156 Å². The molecule has 1 N–H and O–H groups in total. The molecule has 1 atom stereocenters. The first-order chi connectivity index (χ1) is 11.7. The second-order valence-corrected chi connectivity index (χ2v) is 7.60. The van der Waals surface area contributed by atoms with Crippen molar-refractivity contribution in [2.24, 2.45) is 5.92 Å². The molecule has 0 aliphatic heterocycles. The number of aliphatic hydroxyl groups excluding tert-OH is 1. The van der Waals surface area contributed by atoms with E-state index in [0.29, 0.717) is 18.4 Å². The van der Waals surface area contributed by atoms with Gasteiger partial charge in [0.15, 0.2) is 0 Å². The SMILES string of the molecule is C[C@@H](O)c1nc2cnc3ccsc3c2n1C1CCC(CC#N)CC1.Cl. The zero-order chi connectivity index (χ0) is 16.7. The van der Waals surface area contributed by atoms with E-state index >= 15 is 0 Å². The zero-order valence-corrected chi connectivity index (χ0v) is 15.7. The predicted molar refractivity (Wildman–Crippen MR) is 102 cm³/mol. The minimum absolute atomic E-state index is 0. The van der Waals surface area contributed by atoms with Crippen LogP contribution < -0.4 is 0 Å². The third kappa shape index (κ3) is 3.12. The molecule has 1 fully saturated rings. The second kappa shape index (κ2) is 7.28. The Hall–Kier alpha value is -1.68. The molecule has 1 saturated carbocycles. The van der Waals surface area contributed by atoms with Crippen molar-refractivity contribution in [2.45, 2.75) is 51.2 Å². The van der Waals surface area contributed by atoms with Gasteiger partial charge in [0.1, 0.15) is 17.4 Å². The maximum atomic E-state index is 10.3. The topological polar surface area (TPSA) is 74.7 Å². The van der Waals surface area contributed by atoms with Crippen molar-refractivity contribution < 1.29 is 5.11 Å². The number of aromatic nitrogens is 3. The fourth-order valence-electron chi connectivity index (χ4n) is 3.90. The highest BCUT2D eigenvalue weighted by Gasteiger charge is 2.28. The summed E-state index contributed by atoms with van der Waals surface area (Å²) in [7, 11) is 0. The van der Waals surface area contributed by atoms with Crippen LogP contribution >= 0.6 is 23.7 Å². The highest BCUT2D eigenvalue weighted by atomic mass is 35.5. The average Bonchev–Trinajstić information content (AvgIpc) is 3.19. The van der Waals surface area contributed by atoms with Gasteiger partial charge in [0.05, 0.1) is 28.0 Å². The van der Waals surface area contributed by atoms with Crippen LogP contribution in [0.4, 0.5) is 0 Å². The number of thiophene rings is 1. The summed E-state index contributed by atoms with van der Waals surface area (Å²) in [6.07, 6.45) is 6.06. The van der Waals surface area contributed by atoms with Crippen LogP contribution in [0.5, 0.6) is 0 Å². The minimum atomic E-state index is -0.607. The Morgan fingerprint density at radius 1 is 1.36 bits per heavy atom. The van der Waals surface area contributed by atoms with Crippen LogP contribution in [0.25, 0.3) is 21.3 Å². The Morgan fingerprint density at radius 3 is 2.80 bits per heavy atom. The summed E-state index contributed by atoms with van der Waals surface area (Å²) >= 11 is 1.68. The monoisotopic (exact) mass is 376 g/mol. The van der Waals surface area contributed by atoms with Crippen molar-refractivity contribution in [3.8, 4) is 6.07 Å². The van der Waals surface area contributed by atoms with E-state index in [9.17, 15) is 5.11 Å². The number of rotatable bonds is 3. The number of halogens is 1. The normalized spacial score (nSPS) is 21.8. The van der Waals surface area contributed by atoms with Crippen molar-refractivity contribution >= 4 is 45.0 Å². The first kappa shape index (κ1) is 18.1. The molecule has 3 aromatic heterocycles. The van der Waals surface area contributed by atoms with Crippen molar-refractivity contribution in [1.29, 1.82) is 5.26 Å². The predicted octanol–water partition coefficient (Wildman–Crippen LogP) is 4.77. The lowest BCUT2D eigenvalue weighted by atomic mass is 9.84. The first-order valence-corrected chi connectivity index (χ1v) is 9.36. The molecule has 0 radical (unpaired) electrons. The number of imidazole rings is 1. The largest absolute Gasteiger partial charge is 0.385 e. The van der Waals surface area contributed by atoms with Gasteiger partial charge < -0.3 is 9.67 Å². The standard InChI is InChI=1S/C18H20N4OS.ClH/c1-11(23)18-21-15-10-20-14-7-9-24-17(14)16(15)22(18)13-4-2-12(3-5-13)6-8-19;/h7,9-13,23H,2-6H2,1H3;1H/t11-,12?,13?;/m1./s1. The van der Waals surface area contributed by atoms with Gasteiger partial charge in [0.2, 0.25) is 0 Å². The van der Waals surface area contributed by atoms with Gasteiger partial charge in [-0.25, -0.2) is 4.98 Å². The smallest absolute Gasteiger partial charge is 0.138 e. The number of hydrogen-bond donors (Lipinski definition) is 1. The van der Waals surface area contributed by atoms with Crippen LogP contribution in [0.2, 0.25) is 0 Å². The lowest BCUT2D eigenvalue weighted by Gasteiger charge is -2.30. The first-order valence-electron chi connectivity index (χ1n) is 8.48. The summed E-state index contributed by atoms with van der Waals surface area (Å²) < 4.78 is 3.40. The lowest BCUT2D eigenvalue weighted by molar-refractivity contribution is 0.175. The van der Waals surface area contributed by atoms with Gasteiger partial charge in [0.25, 0.3) is 0 Å². The molecule has 3 heterocycles. The second-order valence-electron chi connectivity index (χ2n) is 6.68. The van der Waals surface area contributed by atoms with Crippen LogP contribution in [-0.2, 0) is 0 Å². The summed E-state index contributed by atoms with van der Waals surface area (Å²) in [5.74, 6) is 1.25. The van der Waals surface area contributed by atoms with Crippen LogP contribution in [0.15, 0.2) is 17.6 Å². The Morgan fingerprint density at radius 2 is 2.12 bits per heavy atom. The van der Waals surface area contributed by atoms with Crippen LogP contribution in [-0.4, -0.2) is 19.6 Å². The molecule has 0 amide bonds. The minimum Gasteiger partial charge on any atom is -0.385 e. The molecule has 132 valence electrons. The summed E-state index contributed by atoms with van der Waals surface area (Å²) in [4.78, 5) is 9.16. The van der Waals surface area contributed by atoms with Gasteiger partial charge in [0, 0.05) is 12.5 Å².